The molecule has 1 heterocycles. The molecule has 1 amide bonds. The minimum absolute atomic E-state index is 0.114. The fraction of sp³-hybridized carbons (Fsp3) is 0.556. The van der Waals surface area contributed by atoms with Crippen molar-refractivity contribution in [3.8, 4) is 0 Å². The van der Waals surface area contributed by atoms with Gasteiger partial charge in [-0.05, 0) is 37.8 Å². The smallest absolute Gasteiger partial charge is 0.416 e. The van der Waals surface area contributed by atoms with Gasteiger partial charge in [-0.15, -0.1) is 0 Å². The molecule has 0 aliphatic carbocycles. The third kappa shape index (κ3) is 6.06. The predicted octanol–water partition coefficient (Wildman–Crippen LogP) is 3.36. The Kier molecular flexibility index (Phi) is 7.40. The fourth-order valence-corrected chi connectivity index (χ4v) is 3.21. The number of carbonyl (C=O) groups excluding carboxylic acids is 2. The molecular weight excluding hydrogens is 395 g/mol. The minimum atomic E-state index is -4.73. The van der Waals surface area contributed by atoms with Crippen molar-refractivity contribution in [2.24, 2.45) is 0 Å². The average Bonchev–Trinajstić information content (AvgIpc) is 2.69. The molecule has 1 N–H and O–H groups in total. The molecule has 8 nitrogen and oxygen atoms in total. The Labute approximate surface area is 165 Å². The molecule has 1 fully saturated rings. The van der Waals surface area contributed by atoms with Gasteiger partial charge >= 0.3 is 12.1 Å². The van der Waals surface area contributed by atoms with Gasteiger partial charge in [-0.2, -0.15) is 13.2 Å². The van der Waals surface area contributed by atoms with E-state index in [0.717, 1.165) is 31.7 Å². The highest BCUT2D eigenvalue weighted by atomic mass is 19.4. The molecule has 0 radical (unpaired) electrons. The summed E-state index contributed by atoms with van der Waals surface area (Å²) in [7, 11) is 0. The summed E-state index contributed by atoms with van der Waals surface area (Å²) in [6.07, 6.45) is -1.10. The second kappa shape index (κ2) is 9.57. The lowest BCUT2D eigenvalue weighted by molar-refractivity contribution is -0.384. The summed E-state index contributed by atoms with van der Waals surface area (Å²) in [5.74, 6) is -1.16. The van der Waals surface area contributed by atoms with E-state index in [1.54, 1.807) is 4.90 Å². The van der Waals surface area contributed by atoms with Crippen molar-refractivity contribution in [2.45, 2.75) is 44.8 Å². The van der Waals surface area contributed by atoms with Gasteiger partial charge < -0.3 is 15.0 Å². The van der Waals surface area contributed by atoms with E-state index in [4.69, 9.17) is 4.74 Å². The van der Waals surface area contributed by atoms with Crippen molar-refractivity contribution >= 4 is 23.3 Å². The van der Waals surface area contributed by atoms with E-state index in [1.807, 2.05) is 6.92 Å². The quantitative estimate of drug-likeness (QED) is 0.415. The van der Waals surface area contributed by atoms with Gasteiger partial charge in [0.15, 0.2) is 6.61 Å². The fourth-order valence-electron chi connectivity index (χ4n) is 3.21. The lowest BCUT2D eigenvalue weighted by Gasteiger charge is -2.35. The number of amides is 1. The normalized spacial score (nSPS) is 17.0. The van der Waals surface area contributed by atoms with E-state index in [-0.39, 0.29) is 17.6 Å². The third-order valence-corrected chi connectivity index (χ3v) is 4.72. The molecule has 29 heavy (non-hydrogen) atoms. The number of nitro benzene ring substituents is 1. The maximum Gasteiger partial charge on any atom is 0.416 e. The first-order chi connectivity index (χ1) is 13.6. The largest absolute Gasteiger partial charge is 0.454 e. The number of benzene rings is 1. The Morgan fingerprint density at radius 2 is 2.07 bits per heavy atom. The molecule has 2 rings (SSSR count). The van der Waals surface area contributed by atoms with Crippen LogP contribution in [0.4, 0.5) is 24.5 Å². The molecule has 11 heteroatoms. The molecule has 1 aliphatic heterocycles. The third-order valence-electron chi connectivity index (χ3n) is 4.72. The number of rotatable bonds is 7. The zero-order valence-corrected chi connectivity index (χ0v) is 15.8. The van der Waals surface area contributed by atoms with Crippen molar-refractivity contribution in [3.05, 3.63) is 33.9 Å². The van der Waals surface area contributed by atoms with E-state index in [2.05, 4.69) is 5.32 Å². The molecule has 0 spiro atoms. The number of halogens is 3. The monoisotopic (exact) mass is 417 g/mol. The van der Waals surface area contributed by atoms with Gasteiger partial charge in [0, 0.05) is 18.7 Å². The Balaban J connectivity index is 1.92. The SMILES string of the molecule is CC[C@@H]1CCCCN1C(=O)COC(=O)CNc1ccc(C(F)(F)F)cc1[N+](=O)[O-]. The van der Waals surface area contributed by atoms with Gasteiger partial charge in [0.25, 0.3) is 11.6 Å². The van der Waals surface area contributed by atoms with Crippen LogP contribution >= 0.6 is 0 Å². The molecule has 0 saturated carbocycles. The molecule has 1 saturated heterocycles. The Morgan fingerprint density at radius 3 is 2.69 bits per heavy atom. The van der Waals surface area contributed by atoms with Crippen LogP contribution in [0.15, 0.2) is 18.2 Å². The number of carbonyl (C=O) groups is 2. The number of ether oxygens (including phenoxy) is 1. The highest BCUT2D eigenvalue weighted by Crippen LogP contribution is 2.34. The topological polar surface area (TPSA) is 102 Å². The number of alkyl halides is 3. The molecule has 1 atom stereocenters. The molecule has 1 aliphatic rings. The molecule has 1 aromatic rings. The van der Waals surface area contributed by atoms with Crippen LogP contribution in [-0.2, 0) is 20.5 Å². The van der Waals surface area contributed by atoms with Crippen LogP contribution in [-0.4, -0.2) is 47.4 Å². The number of piperidine rings is 1. The summed E-state index contributed by atoms with van der Waals surface area (Å²) in [6.45, 7) is 1.59. The van der Waals surface area contributed by atoms with Crippen molar-refractivity contribution < 1.29 is 32.4 Å². The second-order valence-corrected chi connectivity index (χ2v) is 6.65. The summed E-state index contributed by atoms with van der Waals surface area (Å²) >= 11 is 0. The van der Waals surface area contributed by atoms with Crippen LogP contribution in [0.1, 0.15) is 38.2 Å². The number of nitrogens with zero attached hydrogens (tertiary/aromatic N) is 2. The summed E-state index contributed by atoms with van der Waals surface area (Å²) in [5, 5.41) is 13.4. The predicted molar refractivity (Wildman–Crippen MR) is 97.2 cm³/mol. The maximum atomic E-state index is 12.7. The van der Waals surface area contributed by atoms with Crippen molar-refractivity contribution in [3.63, 3.8) is 0 Å². The minimum Gasteiger partial charge on any atom is -0.454 e. The van der Waals surface area contributed by atoms with Gasteiger partial charge in [-0.25, -0.2) is 0 Å². The van der Waals surface area contributed by atoms with Crippen LogP contribution in [0.25, 0.3) is 0 Å². The van der Waals surface area contributed by atoms with Gasteiger partial charge in [0.1, 0.15) is 12.2 Å². The van der Waals surface area contributed by atoms with E-state index < -0.39 is 41.5 Å². The number of nitro groups is 1. The number of likely N-dealkylation sites (tertiary alicyclic amines) is 1. The lowest BCUT2D eigenvalue weighted by Crippen LogP contribution is -2.45. The highest BCUT2D eigenvalue weighted by molar-refractivity contribution is 5.82. The maximum absolute atomic E-state index is 12.7. The van der Waals surface area contributed by atoms with Crippen LogP contribution in [0.2, 0.25) is 0 Å². The van der Waals surface area contributed by atoms with Gasteiger partial charge in [-0.3, -0.25) is 19.7 Å². The summed E-state index contributed by atoms with van der Waals surface area (Å²) in [6, 6.07) is 2.05. The zero-order chi connectivity index (χ0) is 21.6. The molecular formula is C18H22F3N3O5. The van der Waals surface area contributed by atoms with Crippen LogP contribution in [0.5, 0.6) is 0 Å². The van der Waals surface area contributed by atoms with Crippen LogP contribution in [0, 0.1) is 10.1 Å². The van der Waals surface area contributed by atoms with Gasteiger partial charge in [0.05, 0.1) is 10.5 Å². The van der Waals surface area contributed by atoms with E-state index in [1.165, 1.54) is 0 Å². The first kappa shape index (κ1) is 22.4. The van der Waals surface area contributed by atoms with Crippen molar-refractivity contribution in [1.29, 1.82) is 0 Å². The Bertz CT molecular complexity index is 770. The standard InChI is InChI=1S/C18H22F3N3O5/c1-2-13-5-3-4-8-23(13)16(25)11-29-17(26)10-22-14-7-6-12(18(19,20)21)9-15(14)24(27)28/h6-7,9,13,22H,2-5,8,10-11H2,1H3/t13-/m1/s1. The first-order valence-electron chi connectivity index (χ1n) is 9.18. The molecule has 0 unspecified atom stereocenters. The van der Waals surface area contributed by atoms with Crippen LogP contribution in [0.3, 0.4) is 0 Å². The number of hydrogen-bond acceptors (Lipinski definition) is 6. The molecule has 0 bridgehead atoms. The Hall–Kier alpha value is -2.85. The van der Waals surface area contributed by atoms with Crippen molar-refractivity contribution in [2.75, 3.05) is 25.0 Å². The lowest BCUT2D eigenvalue weighted by atomic mass is 10.00. The van der Waals surface area contributed by atoms with E-state index in [9.17, 15) is 32.9 Å². The number of anilines is 1. The number of esters is 1. The highest BCUT2D eigenvalue weighted by Gasteiger charge is 2.33. The van der Waals surface area contributed by atoms with Crippen LogP contribution < -0.4 is 5.32 Å². The van der Waals surface area contributed by atoms with Crippen molar-refractivity contribution in [1.82, 2.24) is 4.90 Å². The molecule has 0 aromatic heterocycles. The summed E-state index contributed by atoms with van der Waals surface area (Å²) in [5.41, 5.74) is -2.24. The second-order valence-electron chi connectivity index (χ2n) is 6.65. The first-order valence-corrected chi connectivity index (χ1v) is 9.18. The van der Waals surface area contributed by atoms with E-state index >= 15 is 0 Å². The summed E-state index contributed by atoms with van der Waals surface area (Å²) in [4.78, 5) is 35.8. The Morgan fingerprint density at radius 1 is 1.34 bits per heavy atom. The molecule has 160 valence electrons. The molecule has 1 aromatic carbocycles. The van der Waals surface area contributed by atoms with Gasteiger partial charge in [0.2, 0.25) is 0 Å². The number of nitrogens with one attached hydrogen (secondary N) is 1. The number of hydrogen-bond donors (Lipinski definition) is 1. The zero-order valence-electron chi connectivity index (χ0n) is 15.8. The van der Waals surface area contributed by atoms with Gasteiger partial charge in [-0.1, -0.05) is 6.92 Å². The van der Waals surface area contributed by atoms with E-state index in [0.29, 0.717) is 18.7 Å². The average molecular weight is 417 g/mol. The summed E-state index contributed by atoms with van der Waals surface area (Å²) < 4.78 is 43.0.